The molecule has 0 aromatic heterocycles. The molecule has 2 aliphatic rings. The minimum Gasteiger partial charge on any atom is -0.353 e. The largest absolute Gasteiger partial charge is 0.353 e. The molecule has 110 valence electrons. The molecule has 19 heavy (non-hydrogen) atoms. The molecule has 0 spiro atoms. The summed E-state index contributed by atoms with van der Waals surface area (Å²) in [6.07, 6.45) is 6.58. The first-order valence-corrected chi connectivity index (χ1v) is 7.86. The van der Waals surface area contributed by atoms with Crippen LogP contribution in [0, 0.1) is 5.92 Å². The average molecular weight is 267 g/mol. The maximum absolute atomic E-state index is 11.5. The number of hydrogen-bond acceptors (Lipinski definition) is 3. The van der Waals surface area contributed by atoms with E-state index in [9.17, 15) is 4.79 Å². The number of amides is 1. The van der Waals surface area contributed by atoms with Crippen molar-refractivity contribution in [3.63, 3.8) is 0 Å². The van der Waals surface area contributed by atoms with E-state index in [1.165, 1.54) is 38.8 Å². The number of carbonyl (C=O) groups excluding carboxylic acids is 1. The van der Waals surface area contributed by atoms with Gasteiger partial charge in [0, 0.05) is 18.5 Å². The molecule has 1 saturated heterocycles. The van der Waals surface area contributed by atoms with Gasteiger partial charge in [-0.05, 0) is 71.6 Å². The van der Waals surface area contributed by atoms with Crippen molar-refractivity contribution in [1.29, 1.82) is 0 Å². The van der Waals surface area contributed by atoms with Crippen LogP contribution in [-0.4, -0.2) is 49.6 Å². The fourth-order valence-electron chi connectivity index (χ4n) is 2.80. The van der Waals surface area contributed by atoms with Crippen LogP contribution in [0.25, 0.3) is 0 Å². The van der Waals surface area contributed by atoms with Crippen LogP contribution in [0.3, 0.4) is 0 Å². The number of hydrogen-bond donors (Lipinski definition) is 2. The van der Waals surface area contributed by atoms with Gasteiger partial charge in [-0.1, -0.05) is 0 Å². The van der Waals surface area contributed by atoms with E-state index >= 15 is 0 Å². The summed E-state index contributed by atoms with van der Waals surface area (Å²) in [5.41, 5.74) is 0. The zero-order valence-electron chi connectivity index (χ0n) is 12.5. The number of likely N-dealkylation sites (tertiary alicyclic amines) is 1. The fourth-order valence-corrected chi connectivity index (χ4v) is 2.80. The molecule has 4 nitrogen and oxygen atoms in total. The Balaban J connectivity index is 1.50. The molecule has 1 aliphatic heterocycles. The van der Waals surface area contributed by atoms with Gasteiger partial charge in [0.25, 0.3) is 0 Å². The predicted octanol–water partition coefficient (Wildman–Crippen LogP) is 1.37. The molecule has 4 heteroatoms. The van der Waals surface area contributed by atoms with Crippen molar-refractivity contribution in [3.05, 3.63) is 0 Å². The zero-order chi connectivity index (χ0) is 13.7. The first kappa shape index (κ1) is 14.8. The van der Waals surface area contributed by atoms with Crippen molar-refractivity contribution in [3.8, 4) is 0 Å². The van der Waals surface area contributed by atoms with Crippen LogP contribution in [0.5, 0.6) is 0 Å². The van der Waals surface area contributed by atoms with Gasteiger partial charge < -0.3 is 15.5 Å². The lowest BCUT2D eigenvalue weighted by Crippen LogP contribution is -2.41. The van der Waals surface area contributed by atoms with E-state index in [2.05, 4.69) is 29.5 Å². The van der Waals surface area contributed by atoms with E-state index in [0.717, 1.165) is 18.9 Å². The van der Waals surface area contributed by atoms with Crippen molar-refractivity contribution in [2.24, 2.45) is 5.92 Å². The minimum atomic E-state index is 0.233. The van der Waals surface area contributed by atoms with Crippen LogP contribution in [0.1, 0.15) is 45.4 Å². The lowest BCUT2D eigenvalue weighted by Gasteiger charge is -2.33. The average Bonchev–Trinajstić information content (AvgIpc) is 3.19. The fraction of sp³-hybridized carbons (Fsp3) is 0.933. The minimum absolute atomic E-state index is 0.233. The number of rotatable bonds is 7. The molecule has 0 aromatic rings. The second-order valence-corrected chi connectivity index (χ2v) is 6.33. The Kier molecular flexibility index (Phi) is 5.64. The van der Waals surface area contributed by atoms with Gasteiger partial charge in [0.2, 0.25) is 5.91 Å². The maximum atomic E-state index is 11.5. The Morgan fingerprint density at radius 3 is 2.58 bits per heavy atom. The molecule has 1 amide bonds. The van der Waals surface area contributed by atoms with Crippen LogP contribution in [0.4, 0.5) is 0 Å². The van der Waals surface area contributed by atoms with E-state index in [4.69, 9.17) is 0 Å². The van der Waals surface area contributed by atoms with E-state index in [1.54, 1.807) is 0 Å². The summed E-state index contributed by atoms with van der Waals surface area (Å²) in [5.74, 6) is 1.03. The second-order valence-electron chi connectivity index (χ2n) is 6.33. The maximum Gasteiger partial charge on any atom is 0.220 e. The van der Waals surface area contributed by atoms with Crippen molar-refractivity contribution < 1.29 is 4.79 Å². The molecular weight excluding hydrogens is 238 g/mol. The first-order chi connectivity index (χ1) is 9.15. The SMILES string of the molecule is CC(NCCCC(=O)NC1CC1)C1CCN(C)CC1. The smallest absolute Gasteiger partial charge is 0.220 e. The van der Waals surface area contributed by atoms with Crippen LogP contribution < -0.4 is 10.6 Å². The summed E-state index contributed by atoms with van der Waals surface area (Å²) < 4.78 is 0. The molecule has 2 fully saturated rings. The topological polar surface area (TPSA) is 44.4 Å². The van der Waals surface area contributed by atoms with Gasteiger partial charge in [-0.25, -0.2) is 0 Å². The summed E-state index contributed by atoms with van der Waals surface area (Å²) in [6.45, 7) is 5.70. The van der Waals surface area contributed by atoms with Gasteiger partial charge in [-0.2, -0.15) is 0 Å². The molecule has 1 atom stereocenters. The number of nitrogens with zero attached hydrogens (tertiary/aromatic N) is 1. The monoisotopic (exact) mass is 267 g/mol. The van der Waals surface area contributed by atoms with Crippen molar-refractivity contribution in [2.45, 2.75) is 57.5 Å². The molecule has 0 radical (unpaired) electrons. The summed E-state index contributed by atoms with van der Waals surface area (Å²) >= 11 is 0. The molecule has 1 unspecified atom stereocenters. The molecule has 2 rings (SSSR count). The van der Waals surface area contributed by atoms with Crippen LogP contribution in [0.15, 0.2) is 0 Å². The Morgan fingerprint density at radius 1 is 1.26 bits per heavy atom. The Bertz CT molecular complexity index is 283. The van der Waals surface area contributed by atoms with E-state index in [0.29, 0.717) is 18.5 Å². The van der Waals surface area contributed by atoms with Crippen LogP contribution in [0.2, 0.25) is 0 Å². The zero-order valence-corrected chi connectivity index (χ0v) is 12.5. The number of carbonyl (C=O) groups is 1. The van der Waals surface area contributed by atoms with Gasteiger partial charge >= 0.3 is 0 Å². The van der Waals surface area contributed by atoms with E-state index in [-0.39, 0.29) is 5.91 Å². The Labute approximate surface area is 117 Å². The first-order valence-electron chi connectivity index (χ1n) is 7.86. The third-order valence-corrected chi connectivity index (χ3v) is 4.46. The summed E-state index contributed by atoms with van der Waals surface area (Å²) in [5, 5.41) is 6.63. The quantitative estimate of drug-likeness (QED) is 0.685. The van der Waals surface area contributed by atoms with Gasteiger partial charge in [-0.3, -0.25) is 4.79 Å². The predicted molar refractivity (Wildman–Crippen MR) is 78.1 cm³/mol. The molecule has 1 saturated carbocycles. The third kappa shape index (κ3) is 5.49. The Hall–Kier alpha value is -0.610. The van der Waals surface area contributed by atoms with Gasteiger partial charge in [-0.15, -0.1) is 0 Å². The summed E-state index contributed by atoms with van der Waals surface area (Å²) in [7, 11) is 2.20. The van der Waals surface area contributed by atoms with Crippen molar-refractivity contribution in [2.75, 3.05) is 26.7 Å². The van der Waals surface area contributed by atoms with Crippen molar-refractivity contribution >= 4 is 5.91 Å². The summed E-state index contributed by atoms with van der Waals surface area (Å²) in [6, 6.07) is 1.08. The lowest BCUT2D eigenvalue weighted by atomic mass is 9.90. The standard InChI is InChI=1S/C15H29N3O/c1-12(13-7-10-18(2)11-8-13)16-9-3-4-15(19)17-14-5-6-14/h12-14,16H,3-11H2,1-2H3,(H,17,19). The molecule has 1 heterocycles. The molecular formula is C15H29N3O. The normalized spacial score (nSPS) is 23.3. The van der Waals surface area contributed by atoms with E-state index < -0.39 is 0 Å². The van der Waals surface area contributed by atoms with Crippen LogP contribution in [-0.2, 0) is 4.79 Å². The molecule has 0 aromatic carbocycles. The molecule has 0 bridgehead atoms. The third-order valence-electron chi connectivity index (χ3n) is 4.46. The highest BCUT2D eigenvalue weighted by molar-refractivity contribution is 5.76. The van der Waals surface area contributed by atoms with Gasteiger partial charge in [0.15, 0.2) is 0 Å². The van der Waals surface area contributed by atoms with E-state index in [1.807, 2.05) is 0 Å². The highest BCUT2D eigenvalue weighted by atomic mass is 16.1. The number of piperidine rings is 1. The second kappa shape index (κ2) is 7.25. The van der Waals surface area contributed by atoms with Crippen molar-refractivity contribution in [1.82, 2.24) is 15.5 Å². The van der Waals surface area contributed by atoms with Gasteiger partial charge in [0.05, 0.1) is 0 Å². The van der Waals surface area contributed by atoms with Gasteiger partial charge in [0.1, 0.15) is 0 Å². The highest BCUT2D eigenvalue weighted by Crippen LogP contribution is 2.20. The summed E-state index contributed by atoms with van der Waals surface area (Å²) in [4.78, 5) is 13.9. The molecule has 2 N–H and O–H groups in total. The highest BCUT2D eigenvalue weighted by Gasteiger charge is 2.23. The Morgan fingerprint density at radius 2 is 1.95 bits per heavy atom. The molecule has 1 aliphatic carbocycles. The number of nitrogens with one attached hydrogen (secondary N) is 2. The van der Waals surface area contributed by atoms with Crippen LogP contribution >= 0.6 is 0 Å². The lowest BCUT2D eigenvalue weighted by molar-refractivity contribution is -0.121.